The molecule has 0 spiro atoms. The normalized spacial score (nSPS) is 10.4. The van der Waals surface area contributed by atoms with Crippen molar-refractivity contribution in [3.8, 4) is 0 Å². The molecular formula is C7H11ClN2S. The maximum atomic E-state index is 5.74. The van der Waals surface area contributed by atoms with Gasteiger partial charge in [0, 0.05) is 24.5 Å². The first-order valence-electron chi connectivity index (χ1n) is 3.48. The average molecular weight is 191 g/mol. The summed E-state index contributed by atoms with van der Waals surface area (Å²) in [7, 11) is 0. The first-order valence-corrected chi connectivity index (χ1v) is 4.67. The topological polar surface area (TPSA) is 38.0 Å². The van der Waals surface area contributed by atoms with Gasteiger partial charge in [-0.15, -0.1) is 11.3 Å². The fraction of sp³-hybridized carbons (Fsp3) is 0.429. The van der Waals surface area contributed by atoms with E-state index in [1.807, 2.05) is 12.1 Å². The first-order chi connectivity index (χ1) is 5.33. The molecule has 1 rings (SSSR count). The Bertz CT molecular complexity index is 212. The van der Waals surface area contributed by atoms with Crippen LogP contribution in [0.4, 0.5) is 0 Å². The molecule has 0 fully saturated rings. The van der Waals surface area contributed by atoms with Gasteiger partial charge in [0.1, 0.15) is 0 Å². The fourth-order valence-corrected chi connectivity index (χ4v) is 1.82. The molecule has 0 bridgehead atoms. The Hall–Kier alpha value is -0.0900. The molecule has 11 heavy (non-hydrogen) atoms. The lowest BCUT2D eigenvalue weighted by Crippen LogP contribution is -2.21. The van der Waals surface area contributed by atoms with Gasteiger partial charge in [0.25, 0.3) is 0 Å². The van der Waals surface area contributed by atoms with Crippen molar-refractivity contribution in [3.63, 3.8) is 0 Å². The summed E-state index contributed by atoms with van der Waals surface area (Å²) < 4.78 is 0.842. The van der Waals surface area contributed by atoms with Crippen LogP contribution < -0.4 is 11.1 Å². The van der Waals surface area contributed by atoms with Gasteiger partial charge in [-0.2, -0.15) is 0 Å². The molecule has 0 aliphatic rings. The van der Waals surface area contributed by atoms with Gasteiger partial charge in [-0.25, -0.2) is 0 Å². The Morgan fingerprint density at radius 3 is 2.91 bits per heavy atom. The summed E-state index contributed by atoms with van der Waals surface area (Å²) in [5, 5.41) is 3.19. The summed E-state index contributed by atoms with van der Waals surface area (Å²) in [4.78, 5) is 1.25. The van der Waals surface area contributed by atoms with Gasteiger partial charge >= 0.3 is 0 Å². The highest BCUT2D eigenvalue weighted by Crippen LogP contribution is 2.20. The standard InChI is InChI=1S/C7H11ClN2S/c8-7-2-1-6(11-7)5-10-4-3-9/h1-2,10H,3-5,9H2. The lowest BCUT2D eigenvalue weighted by Gasteiger charge is -1.97. The van der Waals surface area contributed by atoms with Crippen molar-refractivity contribution in [2.24, 2.45) is 5.73 Å². The summed E-state index contributed by atoms with van der Waals surface area (Å²) in [6.07, 6.45) is 0. The van der Waals surface area contributed by atoms with Crippen LogP contribution in [-0.4, -0.2) is 13.1 Å². The Balaban J connectivity index is 2.27. The number of thiophene rings is 1. The summed E-state index contributed by atoms with van der Waals surface area (Å²) >= 11 is 7.34. The second-order valence-corrected chi connectivity index (χ2v) is 3.97. The van der Waals surface area contributed by atoms with Crippen LogP contribution in [0, 0.1) is 0 Å². The maximum Gasteiger partial charge on any atom is 0.0931 e. The monoisotopic (exact) mass is 190 g/mol. The van der Waals surface area contributed by atoms with E-state index >= 15 is 0 Å². The highest BCUT2D eigenvalue weighted by molar-refractivity contribution is 7.16. The Kier molecular flexibility index (Phi) is 3.86. The van der Waals surface area contributed by atoms with Crippen molar-refractivity contribution in [2.45, 2.75) is 6.54 Å². The second-order valence-electron chi connectivity index (χ2n) is 2.17. The molecule has 1 aromatic rings. The largest absolute Gasteiger partial charge is 0.329 e. The van der Waals surface area contributed by atoms with E-state index in [4.69, 9.17) is 17.3 Å². The molecular weight excluding hydrogens is 180 g/mol. The van der Waals surface area contributed by atoms with Crippen molar-refractivity contribution in [2.75, 3.05) is 13.1 Å². The summed E-state index contributed by atoms with van der Waals surface area (Å²) in [6, 6.07) is 3.93. The van der Waals surface area contributed by atoms with Crippen molar-refractivity contribution >= 4 is 22.9 Å². The zero-order chi connectivity index (χ0) is 8.10. The minimum absolute atomic E-state index is 0.680. The Morgan fingerprint density at radius 1 is 1.55 bits per heavy atom. The summed E-state index contributed by atoms with van der Waals surface area (Å²) in [6.45, 7) is 2.41. The number of nitrogens with two attached hydrogens (primary N) is 1. The predicted molar refractivity (Wildman–Crippen MR) is 50.1 cm³/mol. The smallest absolute Gasteiger partial charge is 0.0931 e. The number of halogens is 1. The SMILES string of the molecule is NCCNCc1ccc(Cl)s1. The molecule has 3 N–H and O–H groups in total. The zero-order valence-corrected chi connectivity index (χ0v) is 7.71. The van der Waals surface area contributed by atoms with Crippen LogP contribution in [0.25, 0.3) is 0 Å². The molecule has 0 aromatic carbocycles. The molecule has 0 radical (unpaired) electrons. The van der Waals surface area contributed by atoms with Gasteiger partial charge in [0.15, 0.2) is 0 Å². The zero-order valence-electron chi connectivity index (χ0n) is 6.14. The highest BCUT2D eigenvalue weighted by atomic mass is 35.5. The summed E-state index contributed by atoms with van der Waals surface area (Å²) in [5.74, 6) is 0. The third-order valence-electron chi connectivity index (χ3n) is 1.25. The molecule has 0 unspecified atom stereocenters. The van der Waals surface area contributed by atoms with Crippen LogP contribution in [0.1, 0.15) is 4.88 Å². The molecule has 4 heteroatoms. The highest BCUT2D eigenvalue weighted by Gasteiger charge is 1.95. The van der Waals surface area contributed by atoms with E-state index in [0.29, 0.717) is 6.54 Å². The van der Waals surface area contributed by atoms with E-state index in [1.54, 1.807) is 11.3 Å². The minimum atomic E-state index is 0.680. The first kappa shape index (κ1) is 9.00. The van der Waals surface area contributed by atoms with E-state index in [-0.39, 0.29) is 0 Å². The maximum absolute atomic E-state index is 5.74. The van der Waals surface area contributed by atoms with E-state index in [1.165, 1.54) is 4.88 Å². The van der Waals surface area contributed by atoms with Crippen molar-refractivity contribution in [3.05, 3.63) is 21.3 Å². The van der Waals surface area contributed by atoms with Crippen molar-refractivity contribution in [1.82, 2.24) is 5.32 Å². The van der Waals surface area contributed by atoms with Crippen LogP contribution >= 0.6 is 22.9 Å². The third-order valence-corrected chi connectivity index (χ3v) is 2.48. The van der Waals surface area contributed by atoms with E-state index < -0.39 is 0 Å². The molecule has 62 valence electrons. The van der Waals surface area contributed by atoms with Gasteiger partial charge in [0.2, 0.25) is 0 Å². The molecule has 0 atom stereocenters. The van der Waals surface area contributed by atoms with Gasteiger partial charge in [-0.3, -0.25) is 0 Å². The lowest BCUT2D eigenvalue weighted by molar-refractivity contribution is 0.702. The molecule has 0 saturated carbocycles. The number of hydrogen-bond acceptors (Lipinski definition) is 3. The van der Waals surface area contributed by atoms with Crippen LogP contribution in [0.2, 0.25) is 4.34 Å². The fourth-order valence-electron chi connectivity index (χ4n) is 0.760. The Morgan fingerprint density at radius 2 is 2.36 bits per heavy atom. The van der Waals surface area contributed by atoms with Crippen molar-refractivity contribution in [1.29, 1.82) is 0 Å². The average Bonchev–Trinajstić information content (AvgIpc) is 2.37. The number of nitrogens with one attached hydrogen (secondary N) is 1. The van der Waals surface area contributed by atoms with E-state index in [9.17, 15) is 0 Å². The minimum Gasteiger partial charge on any atom is -0.329 e. The molecule has 1 heterocycles. The van der Waals surface area contributed by atoms with E-state index in [2.05, 4.69) is 5.32 Å². The summed E-state index contributed by atoms with van der Waals surface area (Å²) in [5.41, 5.74) is 5.31. The van der Waals surface area contributed by atoms with E-state index in [0.717, 1.165) is 17.4 Å². The third kappa shape index (κ3) is 3.20. The molecule has 0 saturated heterocycles. The van der Waals surface area contributed by atoms with Gasteiger partial charge in [-0.05, 0) is 12.1 Å². The van der Waals surface area contributed by atoms with Crippen LogP contribution in [0.5, 0.6) is 0 Å². The molecule has 1 aromatic heterocycles. The number of hydrogen-bond donors (Lipinski definition) is 2. The van der Waals surface area contributed by atoms with Gasteiger partial charge < -0.3 is 11.1 Å². The molecule has 2 nitrogen and oxygen atoms in total. The number of rotatable bonds is 4. The lowest BCUT2D eigenvalue weighted by atomic mass is 10.4. The van der Waals surface area contributed by atoms with Crippen molar-refractivity contribution < 1.29 is 0 Å². The van der Waals surface area contributed by atoms with Crippen LogP contribution in [0.15, 0.2) is 12.1 Å². The second kappa shape index (κ2) is 4.72. The van der Waals surface area contributed by atoms with Gasteiger partial charge in [-0.1, -0.05) is 11.6 Å². The van der Waals surface area contributed by atoms with Crippen LogP contribution in [-0.2, 0) is 6.54 Å². The molecule has 0 amide bonds. The quantitative estimate of drug-likeness (QED) is 0.706. The predicted octanol–water partition coefficient (Wildman–Crippen LogP) is 1.45. The Labute approximate surface area is 75.4 Å². The molecule has 0 aliphatic carbocycles. The van der Waals surface area contributed by atoms with Gasteiger partial charge in [0.05, 0.1) is 4.34 Å². The molecule has 0 aliphatic heterocycles. The van der Waals surface area contributed by atoms with Crippen LogP contribution in [0.3, 0.4) is 0 Å².